The third kappa shape index (κ3) is 3.63. The highest BCUT2D eigenvalue weighted by molar-refractivity contribution is 9.10. The number of nitriles is 1. The second-order valence-electron chi connectivity index (χ2n) is 6.63. The van der Waals surface area contributed by atoms with E-state index in [4.69, 9.17) is 4.74 Å². The Labute approximate surface area is 176 Å². The quantitative estimate of drug-likeness (QED) is 0.472. The molecule has 0 fully saturated rings. The molecule has 0 unspecified atom stereocenters. The van der Waals surface area contributed by atoms with E-state index in [-0.39, 0.29) is 6.61 Å². The molecule has 0 amide bonds. The van der Waals surface area contributed by atoms with Crippen molar-refractivity contribution in [2.45, 2.75) is 13.2 Å². The molecule has 2 aromatic carbocycles. The lowest BCUT2D eigenvalue weighted by Gasteiger charge is -2.11. The highest BCUT2D eigenvalue weighted by Crippen LogP contribution is 2.36. The summed E-state index contributed by atoms with van der Waals surface area (Å²) in [5, 5.41) is 20.6. The van der Waals surface area contributed by atoms with Gasteiger partial charge in [0.15, 0.2) is 0 Å². The summed E-state index contributed by atoms with van der Waals surface area (Å²) in [5.41, 5.74) is 5.16. The summed E-state index contributed by atoms with van der Waals surface area (Å²) >= 11 is 3.52. The molecule has 0 aliphatic heterocycles. The fourth-order valence-electron chi connectivity index (χ4n) is 3.61. The van der Waals surface area contributed by atoms with Gasteiger partial charge in [-0.3, -0.25) is 0 Å². The van der Waals surface area contributed by atoms with Crippen molar-refractivity contribution >= 4 is 26.8 Å². The van der Waals surface area contributed by atoms with Crippen LogP contribution in [-0.2, 0) is 13.2 Å². The second kappa shape index (κ2) is 8.08. The van der Waals surface area contributed by atoms with Crippen LogP contribution in [0.1, 0.15) is 16.8 Å². The molecule has 144 valence electrons. The third-order valence-corrected chi connectivity index (χ3v) is 5.41. The molecule has 29 heavy (non-hydrogen) atoms. The molecule has 0 saturated carbocycles. The van der Waals surface area contributed by atoms with E-state index in [0.29, 0.717) is 18.0 Å². The van der Waals surface area contributed by atoms with E-state index in [0.717, 1.165) is 37.8 Å². The number of methoxy groups -OCH3 is 1. The maximum absolute atomic E-state index is 10.3. The molecule has 4 aromatic rings. The molecule has 0 radical (unpaired) electrons. The van der Waals surface area contributed by atoms with E-state index >= 15 is 0 Å². The van der Waals surface area contributed by atoms with Gasteiger partial charge < -0.3 is 14.4 Å². The van der Waals surface area contributed by atoms with Gasteiger partial charge in [0.25, 0.3) is 0 Å². The smallest absolute Gasteiger partial charge is 0.212 e. The van der Waals surface area contributed by atoms with Crippen LogP contribution in [0.2, 0.25) is 0 Å². The van der Waals surface area contributed by atoms with Crippen molar-refractivity contribution in [2.24, 2.45) is 0 Å². The highest BCUT2D eigenvalue weighted by Gasteiger charge is 2.19. The molecule has 2 aromatic heterocycles. The van der Waals surface area contributed by atoms with Crippen LogP contribution in [0.3, 0.4) is 0 Å². The van der Waals surface area contributed by atoms with Crippen LogP contribution in [0.5, 0.6) is 5.88 Å². The Morgan fingerprint density at radius 2 is 2.03 bits per heavy atom. The number of rotatable bonds is 5. The molecule has 0 aliphatic carbocycles. The van der Waals surface area contributed by atoms with Gasteiger partial charge in [-0.15, -0.1) is 0 Å². The minimum Gasteiger partial charge on any atom is -0.481 e. The highest BCUT2D eigenvalue weighted by atomic mass is 79.9. The molecule has 6 heteroatoms. The van der Waals surface area contributed by atoms with E-state index < -0.39 is 0 Å². The van der Waals surface area contributed by atoms with E-state index in [2.05, 4.69) is 43.7 Å². The third-order valence-electron chi connectivity index (χ3n) is 4.91. The number of pyridine rings is 1. The standard InChI is InChI=1S/C23H18BrN3O2/c1-29-22-8-6-17(12-26-22)23-19-10-15(11-25)5-7-20(19)27(21(23)14-28)13-16-3-2-4-18(24)9-16/h2-10,12,28H,13-14H2,1H3. The number of aromatic nitrogens is 2. The van der Waals surface area contributed by atoms with Crippen LogP contribution in [-0.4, -0.2) is 21.8 Å². The molecule has 0 aliphatic rings. The first-order chi connectivity index (χ1) is 14.1. The zero-order chi connectivity index (χ0) is 20.4. The molecule has 0 bridgehead atoms. The summed E-state index contributed by atoms with van der Waals surface area (Å²) in [5.74, 6) is 0.523. The van der Waals surface area contributed by atoms with Crippen molar-refractivity contribution in [3.8, 4) is 23.1 Å². The van der Waals surface area contributed by atoms with Gasteiger partial charge >= 0.3 is 0 Å². The summed E-state index contributed by atoms with van der Waals surface area (Å²) in [6.45, 7) is 0.466. The summed E-state index contributed by atoms with van der Waals surface area (Å²) in [4.78, 5) is 4.32. The monoisotopic (exact) mass is 447 g/mol. The molecule has 0 atom stereocenters. The van der Waals surface area contributed by atoms with Crippen LogP contribution in [0, 0.1) is 11.3 Å². The van der Waals surface area contributed by atoms with Crippen LogP contribution in [0.15, 0.2) is 65.3 Å². The first-order valence-electron chi connectivity index (χ1n) is 9.05. The molecule has 4 rings (SSSR count). The zero-order valence-electron chi connectivity index (χ0n) is 15.8. The number of halogens is 1. The number of hydrogen-bond acceptors (Lipinski definition) is 4. The van der Waals surface area contributed by atoms with Crippen LogP contribution >= 0.6 is 15.9 Å². The predicted molar refractivity (Wildman–Crippen MR) is 116 cm³/mol. The van der Waals surface area contributed by atoms with Crippen molar-refractivity contribution in [1.29, 1.82) is 5.26 Å². The molecule has 5 nitrogen and oxygen atoms in total. The van der Waals surface area contributed by atoms with Gasteiger partial charge in [0, 0.05) is 45.3 Å². The molecule has 0 spiro atoms. The Kier molecular flexibility index (Phi) is 5.34. The van der Waals surface area contributed by atoms with E-state index in [1.54, 1.807) is 25.4 Å². The number of benzene rings is 2. The largest absolute Gasteiger partial charge is 0.481 e. The van der Waals surface area contributed by atoms with Gasteiger partial charge in [0.1, 0.15) is 0 Å². The fourth-order valence-corrected chi connectivity index (χ4v) is 4.06. The number of aliphatic hydroxyl groups excluding tert-OH is 1. The van der Waals surface area contributed by atoms with Gasteiger partial charge in [0.05, 0.1) is 31.0 Å². The van der Waals surface area contributed by atoms with Crippen LogP contribution < -0.4 is 4.74 Å². The Morgan fingerprint density at radius 3 is 2.69 bits per heavy atom. The fraction of sp³-hybridized carbons (Fsp3) is 0.130. The van der Waals surface area contributed by atoms with Gasteiger partial charge in [-0.25, -0.2) is 4.98 Å². The number of hydrogen-bond donors (Lipinski definition) is 1. The number of nitrogens with zero attached hydrogens (tertiary/aromatic N) is 3. The molecular weight excluding hydrogens is 430 g/mol. The minimum absolute atomic E-state index is 0.133. The van der Waals surface area contributed by atoms with E-state index in [9.17, 15) is 10.4 Å². The Morgan fingerprint density at radius 1 is 1.17 bits per heavy atom. The number of ether oxygens (including phenoxy) is 1. The van der Waals surface area contributed by atoms with Crippen molar-refractivity contribution in [2.75, 3.05) is 7.11 Å². The summed E-state index contributed by atoms with van der Waals surface area (Å²) in [6, 6.07) is 19.6. The SMILES string of the molecule is COc1ccc(-c2c(CO)n(Cc3cccc(Br)c3)c3ccc(C#N)cc23)cn1. The number of fused-ring (bicyclic) bond motifs is 1. The first-order valence-corrected chi connectivity index (χ1v) is 9.85. The Bertz CT molecular complexity index is 1220. The van der Waals surface area contributed by atoms with Gasteiger partial charge in [-0.2, -0.15) is 5.26 Å². The molecular formula is C23H18BrN3O2. The van der Waals surface area contributed by atoms with Gasteiger partial charge in [-0.1, -0.05) is 28.1 Å². The maximum atomic E-state index is 10.3. The lowest BCUT2D eigenvalue weighted by molar-refractivity contribution is 0.273. The van der Waals surface area contributed by atoms with Crippen molar-refractivity contribution in [3.63, 3.8) is 0 Å². The van der Waals surface area contributed by atoms with Gasteiger partial charge in [0.2, 0.25) is 5.88 Å². The minimum atomic E-state index is -0.133. The average Bonchev–Trinajstić information content (AvgIpc) is 3.06. The average molecular weight is 448 g/mol. The maximum Gasteiger partial charge on any atom is 0.212 e. The Hall–Kier alpha value is -3.14. The van der Waals surface area contributed by atoms with Crippen molar-refractivity contribution in [1.82, 2.24) is 9.55 Å². The molecule has 2 heterocycles. The predicted octanol–water partition coefficient (Wildman–Crippen LogP) is 4.89. The lowest BCUT2D eigenvalue weighted by Crippen LogP contribution is -2.05. The second-order valence-corrected chi connectivity index (χ2v) is 7.54. The van der Waals surface area contributed by atoms with Crippen molar-refractivity contribution in [3.05, 3.63) is 82.1 Å². The van der Waals surface area contributed by atoms with Crippen LogP contribution in [0.4, 0.5) is 0 Å². The van der Waals surface area contributed by atoms with Crippen molar-refractivity contribution < 1.29 is 9.84 Å². The Balaban J connectivity index is 1.96. The van der Waals surface area contributed by atoms with E-state index in [1.807, 2.05) is 30.3 Å². The zero-order valence-corrected chi connectivity index (χ0v) is 17.3. The normalized spacial score (nSPS) is 10.8. The van der Waals surface area contributed by atoms with Gasteiger partial charge in [-0.05, 0) is 42.0 Å². The molecule has 0 saturated heterocycles. The summed E-state index contributed by atoms with van der Waals surface area (Å²) < 4.78 is 8.27. The lowest BCUT2D eigenvalue weighted by atomic mass is 10.0. The molecule has 1 N–H and O–H groups in total. The first kappa shape index (κ1) is 19.2. The number of aliphatic hydroxyl groups is 1. The topological polar surface area (TPSA) is 71.1 Å². The van der Waals surface area contributed by atoms with Crippen LogP contribution in [0.25, 0.3) is 22.0 Å². The summed E-state index contributed by atoms with van der Waals surface area (Å²) in [7, 11) is 1.57. The summed E-state index contributed by atoms with van der Waals surface area (Å²) in [6.07, 6.45) is 1.73. The van der Waals surface area contributed by atoms with E-state index in [1.165, 1.54) is 0 Å².